The molecule has 92 valence electrons. The van der Waals surface area contributed by atoms with Crippen molar-refractivity contribution in [1.29, 1.82) is 0 Å². The molecule has 6 heteroatoms. The molecule has 0 bridgehead atoms. The van der Waals surface area contributed by atoms with Gasteiger partial charge in [0.1, 0.15) is 17.0 Å². The number of fused-ring (bicyclic) bond motifs is 1. The number of nitrogens with zero attached hydrogens (tertiary/aromatic N) is 4. The van der Waals surface area contributed by atoms with E-state index in [0.717, 1.165) is 28.3 Å². The molecule has 0 fully saturated rings. The number of hydrogen-bond acceptors (Lipinski definition) is 5. The lowest BCUT2D eigenvalue weighted by molar-refractivity contribution is 0.756. The van der Waals surface area contributed by atoms with E-state index in [2.05, 4.69) is 20.4 Å². The van der Waals surface area contributed by atoms with Gasteiger partial charge in [0.05, 0.1) is 11.1 Å². The zero-order valence-electron chi connectivity index (χ0n) is 10.2. The highest BCUT2D eigenvalue weighted by Crippen LogP contribution is 2.24. The molecule has 0 saturated carbocycles. The molecule has 0 aliphatic rings. The highest BCUT2D eigenvalue weighted by Gasteiger charge is 2.06. The third-order valence-electron chi connectivity index (χ3n) is 2.82. The van der Waals surface area contributed by atoms with E-state index in [1.165, 1.54) is 5.56 Å². The van der Waals surface area contributed by atoms with Crippen LogP contribution in [-0.2, 0) is 13.6 Å². The van der Waals surface area contributed by atoms with E-state index in [-0.39, 0.29) is 0 Å². The van der Waals surface area contributed by atoms with E-state index in [4.69, 9.17) is 0 Å². The second-order valence-electron chi connectivity index (χ2n) is 4.13. The summed E-state index contributed by atoms with van der Waals surface area (Å²) in [4.78, 5) is 9.53. The first kappa shape index (κ1) is 11.2. The Labute approximate surface area is 109 Å². The number of rotatable bonds is 3. The Morgan fingerprint density at radius 2 is 2.28 bits per heavy atom. The van der Waals surface area contributed by atoms with Gasteiger partial charge in [-0.1, -0.05) is 0 Å². The van der Waals surface area contributed by atoms with Crippen LogP contribution in [0.4, 0.5) is 5.82 Å². The van der Waals surface area contributed by atoms with Crippen molar-refractivity contribution >= 4 is 27.4 Å². The molecule has 0 saturated heterocycles. The minimum atomic E-state index is 0.724. The van der Waals surface area contributed by atoms with Gasteiger partial charge in [-0.3, -0.25) is 4.68 Å². The van der Waals surface area contributed by atoms with Crippen molar-refractivity contribution in [2.24, 2.45) is 7.05 Å². The maximum Gasteiger partial charge on any atom is 0.138 e. The number of aryl methyl sites for hydroxylation is 2. The Morgan fingerprint density at radius 3 is 3.06 bits per heavy atom. The second kappa shape index (κ2) is 4.38. The molecule has 0 aromatic carbocycles. The molecule has 1 N–H and O–H groups in total. The minimum Gasteiger partial charge on any atom is -0.365 e. The lowest BCUT2D eigenvalue weighted by atomic mass is 10.2. The normalized spacial score (nSPS) is 11.0. The van der Waals surface area contributed by atoms with Crippen molar-refractivity contribution in [2.75, 3.05) is 5.32 Å². The molecule has 3 aromatic heterocycles. The van der Waals surface area contributed by atoms with Crippen LogP contribution in [0.3, 0.4) is 0 Å². The van der Waals surface area contributed by atoms with E-state index < -0.39 is 0 Å². The highest BCUT2D eigenvalue weighted by atomic mass is 32.1. The molecule has 18 heavy (non-hydrogen) atoms. The third kappa shape index (κ3) is 1.95. The van der Waals surface area contributed by atoms with E-state index >= 15 is 0 Å². The summed E-state index contributed by atoms with van der Waals surface area (Å²) in [5.41, 5.74) is 2.22. The van der Waals surface area contributed by atoms with Gasteiger partial charge in [-0.05, 0) is 18.4 Å². The van der Waals surface area contributed by atoms with Gasteiger partial charge >= 0.3 is 0 Å². The predicted molar refractivity (Wildman–Crippen MR) is 72.7 cm³/mol. The highest BCUT2D eigenvalue weighted by molar-refractivity contribution is 7.16. The first-order chi connectivity index (χ1) is 8.74. The van der Waals surface area contributed by atoms with Gasteiger partial charge in [-0.15, -0.1) is 11.3 Å². The summed E-state index contributed by atoms with van der Waals surface area (Å²) >= 11 is 1.62. The summed E-state index contributed by atoms with van der Waals surface area (Å²) in [7, 11) is 1.93. The van der Waals surface area contributed by atoms with E-state index in [1.807, 2.05) is 36.3 Å². The minimum absolute atomic E-state index is 0.724. The first-order valence-electron chi connectivity index (χ1n) is 5.65. The Hall–Kier alpha value is -1.95. The van der Waals surface area contributed by atoms with Gasteiger partial charge in [0.15, 0.2) is 0 Å². The maximum atomic E-state index is 4.32. The quantitative estimate of drug-likeness (QED) is 0.784. The lowest BCUT2D eigenvalue weighted by Gasteiger charge is -2.05. The van der Waals surface area contributed by atoms with Crippen LogP contribution in [0.15, 0.2) is 24.0 Å². The maximum absolute atomic E-state index is 4.32. The average molecular weight is 259 g/mol. The van der Waals surface area contributed by atoms with Gasteiger partial charge in [0, 0.05) is 25.4 Å². The fraction of sp³-hybridized carbons (Fsp3) is 0.250. The fourth-order valence-corrected chi connectivity index (χ4v) is 2.66. The van der Waals surface area contributed by atoms with E-state index in [0.29, 0.717) is 0 Å². The first-order valence-corrected chi connectivity index (χ1v) is 6.53. The Morgan fingerprint density at radius 1 is 1.39 bits per heavy atom. The Balaban J connectivity index is 1.85. The van der Waals surface area contributed by atoms with Crippen molar-refractivity contribution in [3.8, 4) is 0 Å². The molecule has 0 aliphatic heterocycles. The van der Waals surface area contributed by atoms with E-state index in [1.54, 1.807) is 17.7 Å². The molecule has 5 nitrogen and oxygen atoms in total. The van der Waals surface area contributed by atoms with Crippen LogP contribution in [0.2, 0.25) is 0 Å². The molecular formula is C12H13N5S. The number of thiophene rings is 1. The summed E-state index contributed by atoms with van der Waals surface area (Å²) in [6, 6.07) is 2.04. The van der Waals surface area contributed by atoms with Crippen LogP contribution >= 0.6 is 11.3 Å². The van der Waals surface area contributed by atoms with Gasteiger partial charge in [-0.2, -0.15) is 5.10 Å². The average Bonchev–Trinajstić information content (AvgIpc) is 2.93. The molecule has 3 heterocycles. The Bertz CT molecular complexity index is 685. The summed E-state index contributed by atoms with van der Waals surface area (Å²) in [5.74, 6) is 0.879. The van der Waals surface area contributed by atoms with Crippen molar-refractivity contribution in [3.05, 3.63) is 35.2 Å². The molecule has 3 aromatic rings. The van der Waals surface area contributed by atoms with Crippen molar-refractivity contribution in [2.45, 2.75) is 13.5 Å². The zero-order chi connectivity index (χ0) is 12.5. The van der Waals surface area contributed by atoms with Crippen LogP contribution in [0.1, 0.15) is 11.3 Å². The number of anilines is 1. The second-order valence-corrected chi connectivity index (χ2v) is 5.02. The summed E-state index contributed by atoms with van der Waals surface area (Å²) in [6.07, 6.45) is 3.62. The van der Waals surface area contributed by atoms with Gasteiger partial charge in [0.25, 0.3) is 0 Å². The molecule has 0 unspecified atom stereocenters. The van der Waals surface area contributed by atoms with Crippen LogP contribution in [0, 0.1) is 6.92 Å². The molecular weight excluding hydrogens is 246 g/mol. The molecule has 0 atom stereocenters. The lowest BCUT2D eigenvalue weighted by Crippen LogP contribution is -2.02. The van der Waals surface area contributed by atoms with Crippen LogP contribution < -0.4 is 5.32 Å². The van der Waals surface area contributed by atoms with Crippen LogP contribution in [-0.4, -0.2) is 19.7 Å². The largest absolute Gasteiger partial charge is 0.365 e. The van der Waals surface area contributed by atoms with Gasteiger partial charge < -0.3 is 5.32 Å². The van der Waals surface area contributed by atoms with Gasteiger partial charge in [0.2, 0.25) is 0 Å². The summed E-state index contributed by atoms with van der Waals surface area (Å²) < 4.78 is 1.83. The molecule has 3 rings (SSSR count). The van der Waals surface area contributed by atoms with Crippen LogP contribution in [0.25, 0.3) is 10.2 Å². The van der Waals surface area contributed by atoms with Gasteiger partial charge in [-0.25, -0.2) is 9.97 Å². The smallest absolute Gasteiger partial charge is 0.138 e. The van der Waals surface area contributed by atoms with Crippen molar-refractivity contribution in [3.63, 3.8) is 0 Å². The standard InChI is InChI=1S/C12H13N5S/c1-8-9(6-17(2)16-8)5-13-11-10-3-4-18-12(10)15-7-14-11/h3-4,6-7H,5H2,1-2H3,(H,13,14,15). The number of hydrogen-bond donors (Lipinski definition) is 1. The summed E-state index contributed by atoms with van der Waals surface area (Å²) in [5, 5.41) is 10.8. The number of aromatic nitrogens is 4. The number of nitrogens with one attached hydrogen (secondary N) is 1. The molecule has 0 spiro atoms. The fourth-order valence-electron chi connectivity index (χ4n) is 1.93. The Kier molecular flexibility index (Phi) is 2.71. The molecule has 0 aliphatic carbocycles. The third-order valence-corrected chi connectivity index (χ3v) is 3.64. The monoisotopic (exact) mass is 259 g/mol. The topological polar surface area (TPSA) is 55.6 Å². The molecule has 0 amide bonds. The van der Waals surface area contributed by atoms with E-state index in [9.17, 15) is 0 Å². The van der Waals surface area contributed by atoms with Crippen LogP contribution in [0.5, 0.6) is 0 Å². The van der Waals surface area contributed by atoms with Crippen molar-refractivity contribution in [1.82, 2.24) is 19.7 Å². The molecule has 0 radical (unpaired) electrons. The summed E-state index contributed by atoms with van der Waals surface area (Å²) in [6.45, 7) is 2.73. The zero-order valence-corrected chi connectivity index (χ0v) is 11.0. The SMILES string of the molecule is Cc1nn(C)cc1CNc1ncnc2sccc12. The predicted octanol–water partition coefficient (Wildman–Crippen LogP) is 2.35. The van der Waals surface area contributed by atoms with Crippen molar-refractivity contribution < 1.29 is 0 Å².